The number of hydrogen-bond acceptors (Lipinski definition) is 4. The van der Waals surface area contributed by atoms with E-state index < -0.39 is 0 Å². The maximum absolute atomic E-state index is 11.4. The minimum atomic E-state index is -0.388. The predicted octanol–water partition coefficient (Wildman–Crippen LogP) is 0.882. The van der Waals surface area contributed by atoms with Gasteiger partial charge in [0, 0.05) is 17.0 Å². The van der Waals surface area contributed by atoms with E-state index in [1.54, 1.807) is 13.8 Å². The van der Waals surface area contributed by atoms with E-state index in [0.717, 1.165) is 12.0 Å². The standard InChI is InChI=1S/C11H16N2O3/c1-4-5-16-10(14)6-9-7(2)12-11(15)13-8(9)3/h4-6H2,1-3H3,(H,12,13,15). The van der Waals surface area contributed by atoms with Crippen LogP contribution in [0.3, 0.4) is 0 Å². The van der Waals surface area contributed by atoms with Crippen molar-refractivity contribution >= 4 is 5.97 Å². The molecule has 1 rings (SSSR count). The van der Waals surface area contributed by atoms with Crippen LogP contribution >= 0.6 is 0 Å². The lowest BCUT2D eigenvalue weighted by Gasteiger charge is -2.07. The molecule has 1 heterocycles. The first kappa shape index (κ1) is 12.4. The molecule has 0 fully saturated rings. The highest BCUT2D eigenvalue weighted by atomic mass is 16.5. The van der Waals surface area contributed by atoms with Crippen molar-refractivity contribution in [3.8, 4) is 0 Å². The molecule has 0 saturated carbocycles. The zero-order valence-electron chi connectivity index (χ0n) is 9.79. The summed E-state index contributed by atoms with van der Waals surface area (Å²) in [5.74, 6) is -0.290. The number of aryl methyl sites for hydroxylation is 2. The average Bonchev–Trinajstić information content (AvgIpc) is 2.20. The molecule has 0 amide bonds. The minimum absolute atomic E-state index is 0.154. The molecule has 0 atom stereocenters. The van der Waals surface area contributed by atoms with Gasteiger partial charge in [-0.05, 0) is 20.3 Å². The number of carbonyl (C=O) groups excluding carboxylic acids is 1. The number of carbonyl (C=O) groups is 1. The van der Waals surface area contributed by atoms with Crippen molar-refractivity contribution in [2.24, 2.45) is 0 Å². The molecule has 1 N–H and O–H groups in total. The van der Waals surface area contributed by atoms with Crippen LogP contribution in [-0.4, -0.2) is 22.5 Å². The molecule has 0 unspecified atom stereocenters. The van der Waals surface area contributed by atoms with Crippen LogP contribution in [0.5, 0.6) is 0 Å². The summed E-state index contributed by atoms with van der Waals surface area (Å²) >= 11 is 0. The van der Waals surface area contributed by atoms with E-state index in [4.69, 9.17) is 4.74 Å². The topological polar surface area (TPSA) is 72.0 Å². The van der Waals surface area contributed by atoms with Crippen LogP contribution in [0, 0.1) is 13.8 Å². The van der Waals surface area contributed by atoms with Crippen molar-refractivity contribution in [2.45, 2.75) is 33.6 Å². The third-order valence-corrected chi connectivity index (χ3v) is 2.24. The third kappa shape index (κ3) is 3.18. The molecule has 1 aromatic rings. The second-order valence-corrected chi connectivity index (χ2v) is 3.63. The minimum Gasteiger partial charge on any atom is -0.465 e. The number of aromatic nitrogens is 2. The van der Waals surface area contributed by atoms with Gasteiger partial charge in [-0.1, -0.05) is 6.92 Å². The van der Waals surface area contributed by atoms with Crippen molar-refractivity contribution in [3.63, 3.8) is 0 Å². The number of nitrogens with one attached hydrogen (secondary N) is 1. The molecule has 1 aromatic heterocycles. The second-order valence-electron chi connectivity index (χ2n) is 3.63. The maximum Gasteiger partial charge on any atom is 0.345 e. The molecule has 5 nitrogen and oxygen atoms in total. The van der Waals surface area contributed by atoms with Gasteiger partial charge in [-0.15, -0.1) is 0 Å². The highest BCUT2D eigenvalue weighted by Crippen LogP contribution is 2.08. The lowest BCUT2D eigenvalue weighted by atomic mass is 10.1. The number of esters is 1. The summed E-state index contributed by atoms with van der Waals surface area (Å²) < 4.78 is 4.98. The van der Waals surface area contributed by atoms with Crippen LogP contribution in [0.25, 0.3) is 0 Å². The molecule has 0 aliphatic heterocycles. The van der Waals surface area contributed by atoms with Crippen LogP contribution in [0.15, 0.2) is 4.79 Å². The smallest absolute Gasteiger partial charge is 0.345 e. The highest BCUT2D eigenvalue weighted by molar-refractivity contribution is 5.73. The molecule has 16 heavy (non-hydrogen) atoms. The number of nitrogens with zero attached hydrogens (tertiary/aromatic N) is 1. The van der Waals surface area contributed by atoms with Crippen LogP contribution in [0.1, 0.15) is 30.3 Å². The Morgan fingerprint density at radius 2 is 2.12 bits per heavy atom. The third-order valence-electron chi connectivity index (χ3n) is 2.24. The number of rotatable bonds is 4. The Bertz CT molecular complexity index is 411. The Morgan fingerprint density at radius 1 is 1.44 bits per heavy atom. The van der Waals surface area contributed by atoms with Crippen LogP contribution in [0.4, 0.5) is 0 Å². The SMILES string of the molecule is CCCOC(=O)Cc1c(C)nc(=O)[nH]c1C. The van der Waals surface area contributed by atoms with Crippen molar-refractivity contribution in [1.82, 2.24) is 9.97 Å². The van der Waals surface area contributed by atoms with Crippen molar-refractivity contribution in [3.05, 3.63) is 27.4 Å². The van der Waals surface area contributed by atoms with Crippen molar-refractivity contribution in [1.29, 1.82) is 0 Å². The zero-order chi connectivity index (χ0) is 12.1. The fraction of sp³-hybridized carbons (Fsp3) is 0.545. The summed E-state index contributed by atoms with van der Waals surface area (Å²) in [5.41, 5.74) is 1.60. The number of ether oxygens (including phenoxy) is 1. The van der Waals surface area contributed by atoms with Gasteiger partial charge >= 0.3 is 11.7 Å². The first-order valence-corrected chi connectivity index (χ1v) is 5.26. The molecule has 0 aromatic carbocycles. The number of H-pyrrole nitrogens is 1. The molecule has 0 bridgehead atoms. The summed E-state index contributed by atoms with van der Waals surface area (Å²) in [6.07, 6.45) is 0.953. The maximum atomic E-state index is 11.4. The second kappa shape index (κ2) is 5.44. The Labute approximate surface area is 93.9 Å². The van der Waals surface area contributed by atoms with Crippen LogP contribution < -0.4 is 5.69 Å². The lowest BCUT2D eigenvalue weighted by molar-refractivity contribution is -0.142. The van der Waals surface area contributed by atoms with Crippen molar-refractivity contribution in [2.75, 3.05) is 6.61 Å². The Kier molecular flexibility index (Phi) is 4.22. The number of hydrogen-bond donors (Lipinski definition) is 1. The van der Waals surface area contributed by atoms with Gasteiger partial charge in [-0.25, -0.2) is 4.79 Å². The zero-order valence-corrected chi connectivity index (χ0v) is 9.79. The van der Waals surface area contributed by atoms with Crippen LogP contribution in [-0.2, 0) is 16.0 Å². The number of aromatic amines is 1. The fourth-order valence-corrected chi connectivity index (χ4v) is 1.43. The summed E-state index contributed by atoms with van der Waals surface area (Å²) in [6, 6.07) is 0. The van der Waals surface area contributed by atoms with Gasteiger partial charge in [0.1, 0.15) is 0 Å². The van der Waals surface area contributed by atoms with Gasteiger partial charge in [0.05, 0.1) is 13.0 Å². The summed E-state index contributed by atoms with van der Waals surface area (Å²) in [5, 5.41) is 0. The first-order chi connectivity index (χ1) is 7.54. The Morgan fingerprint density at radius 3 is 2.69 bits per heavy atom. The van der Waals surface area contributed by atoms with Gasteiger partial charge in [-0.2, -0.15) is 4.98 Å². The predicted molar refractivity (Wildman–Crippen MR) is 59.3 cm³/mol. The van der Waals surface area contributed by atoms with Gasteiger partial charge in [0.15, 0.2) is 0 Å². The molecule has 0 aliphatic carbocycles. The van der Waals surface area contributed by atoms with Gasteiger partial charge in [-0.3, -0.25) is 4.79 Å². The highest BCUT2D eigenvalue weighted by Gasteiger charge is 2.11. The van der Waals surface area contributed by atoms with Gasteiger partial charge < -0.3 is 9.72 Å². The summed E-state index contributed by atoms with van der Waals surface area (Å²) in [6.45, 7) is 5.82. The molecule has 0 saturated heterocycles. The molecular weight excluding hydrogens is 208 g/mol. The molecule has 88 valence electrons. The normalized spacial score (nSPS) is 10.2. The van der Waals surface area contributed by atoms with E-state index in [1.165, 1.54) is 0 Å². The molecule has 0 spiro atoms. The van der Waals surface area contributed by atoms with E-state index in [1.807, 2.05) is 6.92 Å². The molecule has 0 aliphatic rings. The Hall–Kier alpha value is -1.65. The monoisotopic (exact) mass is 224 g/mol. The largest absolute Gasteiger partial charge is 0.465 e. The van der Waals surface area contributed by atoms with E-state index in [-0.39, 0.29) is 18.1 Å². The van der Waals surface area contributed by atoms with Crippen LogP contribution in [0.2, 0.25) is 0 Å². The molecular formula is C11H16N2O3. The van der Waals surface area contributed by atoms with E-state index in [2.05, 4.69) is 9.97 Å². The molecule has 0 radical (unpaired) electrons. The summed E-state index contributed by atoms with van der Waals surface area (Å²) in [7, 11) is 0. The fourth-order valence-electron chi connectivity index (χ4n) is 1.43. The van der Waals surface area contributed by atoms with Gasteiger partial charge in [0.2, 0.25) is 0 Å². The first-order valence-electron chi connectivity index (χ1n) is 5.26. The summed E-state index contributed by atoms with van der Waals surface area (Å²) in [4.78, 5) is 28.8. The van der Waals surface area contributed by atoms with E-state index >= 15 is 0 Å². The molecule has 5 heteroatoms. The lowest BCUT2D eigenvalue weighted by Crippen LogP contribution is -2.19. The quantitative estimate of drug-likeness (QED) is 0.771. The van der Waals surface area contributed by atoms with Gasteiger partial charge in [0.25, 0.3) is 0 Å². The average molecular weight is 224 g/mol. The Balaban J connectivity index is 2.81. The van der Waals surface area contributed by atoms with Crippen molar-refractivity contribution < 1.29 is 9.53 Å². The van der Waals surface area contributed by atoms with E-state index in [9.17, 15) is 9.59 Å². The van der Waals surface area contributed by atoms with E-state index in [0.29, 0.717) is 18.0 Å².